The van der Waals surface area contributed by atoms with Crippen LogP contribution in [0.5, 0.6) is 0 Å². The molecule has 0 spiro atoms. The van der Waals surface area contributed by atoms with Crippen LogP contribution in [0.3, 0.4) is 0 Å². The Morgan fingerprint density at radius 2 is 1.74 bits per heavy atom. The van der Waals surface area contributed by atoms with E-state index < -0.39 is 12.1 Å². The summed E-state index contributed by atoms with van der Waals surface area (Å²) in [5.74, 6) is -1.15. The molecule has 0 bridgehead atoms. The molecule has 0 amide bonds. The Morgan fingerprint density at radius 1 is 1.16 bits per heavy atom. The third kappa shape index (κ3) is 3.71. The van der Waals surface area contributed by atoms with Gasteiger partial charge in [0.1, 0.15) is 0 Å². The van der Waals surface area contributed by atoms with Crippen molar-refractivity contribution in [1.82, 2.24) is 4.90 Å². The van der Waals surface area contributed by atoms with Crippen molar-refractivity contribution >= 4 is 0 Å². The monoisotopic (exact) mass is 268 g/mol. The number of benzene rings is 1. The van der Waals surface area contributed by atoms with Crippen LogP contribution in [0, 0.1) is 17.2 Å². The Morgan fingerprint density at radius 3 is 2.21 bits per heavy atom. The van der Waals surface area contributed by atoms with Crippen molar-refractivity contribution in [1.29, 1.82) is 5.26 Å². The van der Waals surface area contributed by atoms with Crippen LogP contribution in [0.2, 0.25) is 0 Å². The van der Waals surface area contributed by atoms with Gasteiger partial charge in [-0.05, 0) is 43.6 Å². The van der Waals surface area contributed by atoms with Crippen molar-refractivity contribution in [2.75, 3.05) is 13.1 Å². The Kier molecular flexibility index (Phi) is 4.11. The Labute approximate surface area is 110 Å². The second-order valence-corrected chi connectivity index (χ2v) is 4.90. The van der Waals surface area contributed by atoms with Gasteiger partial charge >= 0.3 is 6.18 Å². The minimum atomic E-state index is -4.06. The molecule has 1 aliphatic rings. The van der Waals surface area contributed by atoms with Gasteiger partial charge in [0.25, 0.3) is 0 Å². The molecule has 1 aliphatic heterocycles. The number of halogens is 3. The first-order chi connectivity index (χ1) is 8.99. The molecule has 0 N–H and O–H groups in total. The predicted molar refractivity (Wildman–Crippen MR) is 65.2 cm³/mol. The standard InChI is InChI=1S/C14H15F3N2/c15-14(16,17)13-5-7-19(8-6-13)10-12-3-1-11(9-18)2-4-12/h1-4,13H,5-8,10H2. The Balaban J connectivity index is 1.87. The molecule has 1 aromatic carbocycles. The van der Waals surface area contributed by atoms with E-state index in [1.165, 1.54) is 0 Å². The zero-order chi connectivity index (χ0) is 13.9. The highest BCUT2D eigenvalue weighted by molar-refractivity contribution is 5.31. The SMILES string of the molecule is N#Cc1ccc(CN2CCC(C(F)(F)F)CC2)cc1. The maximum atomic E-state index is 12.5. The number of alkyl halides is 3. The van der Waals surface area contributed by atoms with E-state index in [-0.39, 0.29) is 12.8 Å². The van der Waals surface area contributed by atoms with Gasteiger partial charge in [0.15, 0.2) is 0 Å². The lowest BCUT2D eigenvalue weighted by Crippen LogP contribution is -2.38. The fourth-order valence-corrected chi connectivity index (χ4v) is 2.36. The first-order valence-electron chi connectivity index (χ1n) is 6.27. The molecule has 0 unspecified atom stereocenters. The highest BCUT2D eigenvalue weighted by atomic mass is 19.4. The number of rotatable bonds is 2. The Hall–Kier alpha value is -1.54. The van der Waals surface area contributed by atoms with E-state index in [1.807, 2.05) is 23.1 Å². The number of nitrogens with zero attached hydrogens (tertiary/aromatic N) is 2. The highest BCUT2D eigenvalue weighted by Gasteiger charge is 2.40. The first-order valence-corrected chi connectivity index (χ1v) is 6.27. The van der Waals surface area contributed by atoms with Gasteiger partial charge in [-0.2, -0.15) is 18.4 Å². The maximum absolute atomic E-state index is 12.5. The number of likely N-dealkylation sites (tertiary alicyclic amines) is 1. The van der Waals surface area contributed by atoms with Crippen LogP contribution in [-0.4, -0.2) is 24.2 Å². The minimum absolute atomic E-state index is 0.180. The van der Waals surface area contributed by atoms with Gasteiger partial charge in [0, 0.05) is 6.54 Å². The second-order valence-electron chi connectivity index (χ2n) is 4.90. The van der Waals surface area contributed by atoms with E-state index in [0.717, 1.165) is 5.56 Å². The highest BCUT2D eigenvalue weighted by Crippen LogP contribution is 2.34. The maximum Gasteiger partial charge on any atom is 0.391 e. The minimum Gasteiger partial charge on any atom is -0.299 e. The molecule has 2 nitrogen and oxygen atoms in total. The number of nitriles is 1. The van der Waals surface area contributed by atoms with E-state index >= 15 is 0 Å². The van der Waals surface area contributed by atoms with Crippen LogP contribution < -0.4 is 0 Å². The summed E-state index contributed by atoms with van der Waals surface area (Å²) in [6.45, 7) is 1.60. The third-order valence-corrected chi connectivity index (χ3v) is 3.54. The van der Waals surface area contributed by atoms with Gasteiger partial charge in [-0.1, -0.05) is 12.1 Å². The van der Waals surface area contributed by atoms with Crippen LogP contribution in [0.15, 0.2) is 24.3 Å². The Bertz CT molecular complexity index is 451. The van der Waals surface area contributed by atoms with Crippen molar-refractivity contribution in [3.63, 3.8) is 0 Å². The molecule has 1 fully saturated rings. The molecule has 102 valence electrons. The number of hydrogen-bond acceptors (Lipinski definition) is 2. The fourth-order valence-electron chi connectivity index (χ4n) is 2.36. The molecular formula is C14H15F3N2. The summed E-state index contributed by atoms with van der Waals surface area (Å²) in [6.07, 6.45) is -3.69. The lowest BCUT2D eigenvalue weighted by Gasteiger charge is -2.32. The van der Waals surface area contributed by atoms with Crippen LogP contribution >= 0.6 is 0 Å². The van der Waals surface area contributed by atoms with Gasteiger partial charge in [-0.3, -0.25) is 4.90 Å². The van der Waals surface area contributed by atoms with E-state index in [0.29, 0.717) is 25.2 Å². The van der Waals surface area contributed by atoms with Crippen molar-refractivity contribution in [3.8, 4) is 6.07 Å². The molecule has 1 saturated heterocycles. The molecule has 0 atom stereocenters. The van der Waals surface area contributed by atoms with Crippen molar-refractivity contribution in [2.45, 2.75) is 25.6 Å². The van der Waals surface area contributed by atoms with Crippen molar-refractivity contribution in [2.24, 2.45) is 5.92 Å². The van der Waals surface area contributed by atoms with Gasteiger partial charge in [0.05, 0.1) is 17.6 Å². The van der Waals surface area contributed by atoms with Gasteiger partial charge in [-0.15, -0.1) is 0 Å². The molecule has 19 heavy (non-hydrogen) atoms. The predicted octanol–water partition coefficient (Wildman–Crippen LogP) is 3.33. The largest absolute Gasteiger partial charge is 0.391 e. The summed E-state index contributed by atoms with van der Waals surface area (Å²) in [4.78, 5) is 2.03. The average Bonchev–Trinajstić information content (AvgIpc) is 2.39. The van der Waals surface area contributed by atoms with Gasteiger partial charge in [-0.25, -0.2) is 0 Å². The normalized spacial score (nSPS) is 18.2. The smallest absolute Gasteiger partial charge is 0.299 e. The molecule has 5 heteroatoms. The summed E-state index contributed by atoms with van der Waals surface area (Å²) < 4.78 is 37.6. The molecule has 2 rings (SSSR count). The lowest BCUT2D eigenvalue weighted by atomic mass is 9.96. The van der Waals surface area contributed by atoms with Crippen molar-refractivity contribution in [3.05, 3.63) is 35.4 Å². The molecular weight excluding hydrogens is 253 g/mol. The molecule has 0 aromatic heterocycles. The zero-order valence-electron chi connectivity index (χ0n) is 10.5. The molecule has 0 aliphatic carbocycles. The quantitative estimate of drug-likeness (QED) is 0.822. The third-order valence-electron chi connectivity index (χ3n) is 3.54. The molecule has 1 heterocycles. The fraction of sp³-hybridized carbons (Fsp3) is 0.500. The van der Waals surface area contributed by atoms with Crippen LogP contribution in [-0.2, 0) is 6.54 Å². The van der Waals surface area contributed by atoms with Gasteiger partial charge < -0.3 is 0 Å². The zero-order valence-corrected chi connectivity index (χ0v) is 10.5. The summed E-state index contributed by atoms with van der Waals surface area (Å²) in [6, 6.07) is 9.22. The number of hydrogen-bond donors (Lipinski definition) is 0. The summed E-state index contributed by atoms with van der Waals surface area (Å²) in [7, 11) is 0. The first kappa shape index (κ1) is 13.9. The van der Waals surface area contributed by atoms with Crippen LogP contribution in [0.25, 0.3) is 0 Å². The lowest BCUT2D eigenvalue weighted by molar-refractivity contribution is -0.185. The van der Waals surface area contributed by atoms with E-state index in [2.05, 4.69) is 0 Å². The number of piperidine rings is 1. The van der Waals surface area contributed by atoms with Gasteiger partial charge in [0.2, 0.25) is 0 Å². The summed E-state index contributed by atoms with van der Waals surface area (Å²) >= 11 is 0. The van der Waals surface area contributed by atoms with E-state index in [4.69, 9.17) is 5.26 Å². The van der Waals surface area contributed by atoms with Crippen molar-refractivity contribution < 1.29 is 13.2 Å². The van der Waals surface area contributed by atoms with E-state index in [9.17, 15) is 13.2 Å². The van der Waals surface area contributed by atoms with E-state index in [1.54, 1.807) is 12.1 Å². The second kappa shape index (κ2) is 5.62. The molecule has 0 radical (unpaired) electrons. The summed E-state index contributed by atoms with van der Waals surface area (Å²) in [5, 5.41) is 8.69. The van der Waals surface area contributed by atoms with Crippen LogP contribution in [0.1, 0.15) is 24.0 Å². The topological polar surface area (TPSA) is 27.0 Å². The average molecular weight is 268 g/mol. The molecule has 1 aromatic rings. The summed E-state index contributed by atoms with van der Waals surface area (Å²) in [5.41, 5.74) is 1.63. The van der Waals surface area contributed by atoms with Crippen LogP contribution in [0.4, 0.5) is 13.2 Å². The molecule has 0 saturated carbocycles.